The third-order valence-electron chi connectivity index (χ3n) is 4.43. The monoisotopic (exact) mass is 367 g/mol. The number of benzene rings is 2. The fourth-order valence-electron chi connectivity index (χ4n) is 2.39. The molecule has 2 rings (SSSR count). The molecule has 2 aromatic rings. The van der Waals surface area contributed by atoms with Crippen molar-refractivity contribution in [1.82, 2.24) is 5.32 Å². The molecule has 0 saturated carbocycles. The van der Waals surface area contributed by atoms with Gasteiger partial charge in [-0.2, -0.15) is 0 Å². The molecule has 27 heavy (non-hydrogen) atoms. The van der Waals surface area contributed by atoms with Gasteiger partial charge in [-0.3, -0.25) is 9.59 Å². The van der Waals surface area contributed by atoms with E-state index in [4.69, 9.17) is 4.74 Å². The standard InChI is InChI=1S/C22H25NO4/c1-14(2)16(4)23-20(24)13-27-22(26)19-8-6-5-7-18(19)21(25)17-11-9-15(3)10-12-17/h5-12,14,16H,13H2,1-4H3,(H,23,24). The van der Waals surface area contributed by atoms with Crippen LogP contribution < -0.4 is 5.32 Å². The first-order valence-electron chi connectivity index (χ1n) is 8.96. The van der Waals surface area contributed by atoms with Crippen LogP contribution in [-0.2, 0) is 9.53 Å². The Morgan fingerprint density at radius 3 is 2.11 bits per heavy atom. The molecular weight excluding hydrogens is 342 g/mol. The van der Waals surface area contributed by atoms with Crippen molar-refractivity contribution in [3.8, 4) is 0 Å². The minimum Gasteiger partial charge on any atom is -0.452 e. The summed E-state index contributed by atoms with van der Waals surface area (Å²) < 4.78 is 5.11. The van der Waals surface area contributed by atoms with Crippen LogP contribution in [0.4, 0.5) is 0 Å². The number of carbonyl (C=O) groups excluding carboxylic acids is 3. The second-order valence-corrected chi connectivity index (χ2v) is 6.92. The first kappa shape index (κ1) is 20.4. The van der Waals surface area contributed by atoms with E-state index < -0.39 is 5.97 Å². The van der Waals surface area contributed by atoms with Gasteiger partial charge in [0, 0.05) is 17.2 Å². The summed E-state index contributed by atoms with van der Waals surface area (Å²) in [6, 6.07) is 13.6. The third-order valence-corrected chi connectivity index (χ3v) is 4.43. The van der Waals surface area contributed by atoms with Crippen molar-refractivity contribution in [3.05, 3.63) is 70.8 Å². The van der Waals surface area contributed by atoms with Gasteiger partial charge >= 0.3 is 5.97 Å². The van der Waals surface area contributed by atoms with Crippen LogP contribution in [0.25, 0.3) is 0 Å². The van der Waals surface area contributed by atoms with Crippen molar-refractivity contribution in [2.45, 2.75) is 33.7 Å². The number of hydrogen-bond donors (Lipinski definition) is 1. The Hall–Kier alpha value is -2.95. The molecule has 142 valence electrons. The highest BCUT2D eigenvalue weighted by Gasteiger charge is 2.20. The molecule has 1 N–H and O–H groups in total. The number of ketones is 1. The lowest BCUT2D eigenvalue weighted by Crippen LogP contribution is -2.38. The Labute approximate surface area is 159 Å². The second kappa shape index (κ2) is 9.12. The zero-order chi connectivity index (χ0) is 20.0. The van der Waals surface area contributed by atoms with E-state index in [0.717, 1.165) is 5.56 Å². The molecule has 0 radical (unpaired) electrons. The van der Waals surface area contributed by atoms with Gasteiger partial charge < -0.3 is 10.1 Å². The molecule has 1 amide bonds. The maximum absolute atomic E-state index is 12.8. The SMILES string of the molecule is Cc1ccc(C(=O)c2ccccc2C(=O)OCC(=O)NC(C)C(C)C)cc1. The van der Waals surface area contributed by atoms with Crippen LogP contribution in [0.3, 0.4) is 0 Å². The quantitative estimate of drug-likeness (QED) is 0.600. The highest BCUT2D eigenvalue weighted by atomic mass is 16.5. The number of ether oxygens (including phenoxy) is 1. The topological polar surface area (TPSA) is 72.5 Å². The Morgan fingerprint density at radius 2 is 1.52 bits per heavy atom. The molecular formula is C22H25NO4. The van der Waals surface area contributed by atoms with Crippen LogP contribution in [0.1, 0.15) is 52.6 Å². The minimum absolute atomic E-state index is 0.0217. The van der Waals surface area contributed by atoms with Crippen molar-refractivity contribution in [3.63, 3.8) is 0 Å². The summed E-state index contributed by atoms with van der Waals surface area (Å²) >= 11 is 0. The average Bonchev–Trinajstić information content (AvgIpc) is 2.66. The third kappa shape index (κ3) is 5.51. The number of carbonyl (C=O) groups is 3. The van der Waals surface area contributed by atoms with Crippen molar-refractivity contribution in [2.24, 2.45) is 5.92 Å². The van der Waals surface area contributed by atoms with Crippen LogP contribution in [-0.4, -0.2) is 30.3 Å². The van der Waals surface area contributed by atoms with Gasteiger partial charge in [0.2, 0.25) is 0 Å². The molecule has 1 atom stereocenters. The molecule has 0 heterocycles. The summed E-state index contributed by atoms with van der Waals surface area (Å²) in [7, 11) is 0. The number of rotatable bonds is 7. The number of nitrogens with one attached hydrogen (secondary N) is 1. The van der Waals surface area contributed by atoms with Crippen molar-refractivity contribution in [2.75, 3.05) is 6.61 Å². The molecule has 0 aliphatic heterocycles. The summed E-state index contributed by atoms with van der Waals surface area (Å²) in [4.78, 5) is 37.1. The predicted octanol–water partition coefficient (Wildman–Crippen LogP) is 3.54. The predicted molar refractivity (Wildman–Crippen MR) is 104 cm³/mol. The molecule has 2 aromatic carbocycles. The van der Waals surface area contributed by atoms with Gasteiger partial charge in [0.1, 0.15) is 0 Å². The molecule has 0 fully saturated rings. The average molecular weight is 367 g/mol. The van der Waals surface area contributed by atoms with Crippen LogP contribution in [0.15, 0.2) is 48.5 Å². The molecule has 0 bridgehead atoms. The lowest BCUT2D eigenvalue weighted by atomic mass is 9.98. The fourth-order valence-corrected chi connectivity index (χ4v) is 2.39. The van der Waals surface area contributed by atoms with E-state index in [-0.39, 0.29) is 41.4 Å². The van der Waals surface area contributed by atoms with Crippen LogP contribution in [0.5, 0.6) is 0 Å². The molecule has 0 aliphatic carbocycles. The number of amides is 1. The highest BCUT2D eigenvalue weighted by Crippen LogP contribution is 2.16. The summed E-state index contributed by atoms with van der Waals surface area (Å²) in [5, 5.41) is 2.77. The number of esters is 1. The van der Waals surface area contributed by atoms with Gasteiger partial charge in [0.05, 0.1) is 5.56 Å². The maximum Gasteiger partial charge on any atom is 0.339 e. The molecule has 0 aliphatic rings. The van der Waals surface area contributed by atoms with E-state index >= 15 is 0 Å². The summed E-state index contributed by atoms with van der Waals surface area (Å²) in [5.74, 6) is -1.05. The largest absolute Gasteiger partial charge is 0.452 e. The number of hydrogen-bond acceptors (Lipinski definition) is 4. The minimum atomic E-state index is -0.696. The Balaban J connectivity index is 2.10. The maximum atomic E-state index is 12.8. The molecule has 0 saturated heterocycles. The zero-order valence-corrected chi connectivity index (χ0v) is 16.1. The highest BCUT2D eigenvalue weighted by molar-refractivity contribution is 6.14. The molecule has 5 nitrogen and oxygen atoms in total. The summed E-state index contributed by atoms with van der Waals surface area (Å²) in [6.07, 6.45) is 0. The lowest BCUT2D eigenvalue weighted by molar-refractivity contribution is -0.125. The summed E-state index contributed by atoms with van der Waals surface area (Å²) in [6.45, 7) is 7.42. The molecule has 0 spiro atoms. The van der Waals surface area contributed by atoms with Crippen molar-refractivity contribution < 1.29 is 19.1 Å². The Kier molecular flexibility index (Phi) is 6.88. The summed E-state index contributed by atoms with van der Waals surface area (Å²) in [5.41, 5.74) is 1.93. The van der Waals surface area contributed by atoms with Gasteiger partial charge in [-0.05, 0) is 25.8 Å². The van der Waals surface area contributed by atoms with E-state index in [2.05, 4.69) is 5.32 Å². The first-order chi connectivity index (χ1) is 12.8. The second-order valence-electron chi connectivity index (χ2n) is 6.92. The first-order valence-corrected chi connectivity index (χ1v) is 8.96. The fraction of sp³-hybridized carbons (Fsp3) is 0.318. The van der Waals surface area contributed by atoms with Gasteiger partial charge in [-0.25, -0.2) is 4.79 Å². The van der Waals surface area contributed by atoms with Crippen LogP contribution in [0.2, 0.25) is 0 Å². The van der Waals surface area contributed by atoms with Gasteiger partial charge in [-0.15, -0.1) is 0 Å². The zero-order valence-electron chi connectivity index (χ0n) is 16.1. The normalized spacial score (nSPS) is 11.7. The van der Waals surface area contributed by atoms with E-state index in [1.54, 1.807) is 30.3 Å². The van der Waals surface area contributed by atoms with Crippen molar-refractivity contribution >= 4 is 17.7 Å². The van der Waals surface area contributed by atoms with Crippen LogP contribution >= 0.6 is 0 Å². The molecule has 1 unspecified atom stereocenters. The Morgan fingerprint density at radius 1 is 0.926 bits per heavy atom. The molecule has 0 aromatic heterocycles. The van der Waals surface area contributed by atoms with E-state index in [1.807, 2.05) is 39.8 Å². The smallest absolute Gasteiger partial charge is 0.339 e. The van der Waals surface area contributed by atoms with E-state index in [1.165, 1.54) is 6.07 Å². The van der Waals surface area contributed by atoms with Crippen LogP contribution in [0, 0.1) is 12.8 Å². The van der Waals surface area contributed by atoms with Crippen molar-refractivity contribution in [1.29, 1.82) is 0 Å². The van der Waals surface area contributed by atoms with Gasteiger partial charge in [-0.1, -0.05) is 61.9 Å². The van der Waals surface area contributed by atoms with Gasteiger partial charge in [0.25, 0.3) is 5.91 Å². The Bertz CT molecular complexity index is 824. The number of aryl methyl sites for hydroxylation is 1. The van der Waals surface area contributed by atoms with E-state index in [0.29, 0.717) is 5.56 Å². The molecule has 5 heteroatoms. The van der Waals surface area contributed by atoms with Gasteiger partial charge in [0.15, 0.2) is 12.4 Å². The van der Waals surface area contributed by atoms with E-state index in [9.17, 15) is 14.4 Å². The lowest BCUT2D eigenvalue weighted by Gasteiger charge is -2.17.